The van der Waals surface area contributed by atoms with Crippen LogP contribution in [-0.4, -0.2) is 104 Å². The molecule has 0 aliphatic rings. The molecule has 292 valence electrons. The highest BCUT2D eigenvalue weighted by Gasteiger charge is 2.38. The molecule has 0 aliphatic carbocycles. The van der Waals surface area contributed by atoms with Crippen LogP contribution < -0.4 is 21.3 Å². The minimum absolute atomic E-state index is 0.0286. The molecule has 0 heterocycles. The van der Waals surface area contributed by atoms with Gasteiger partial charge in [0, 0.05) is 77.3 Å². The Kier molecular flexibility index (Phi) is 16.7. The van der Waals surface area contributed by atoms with E-state index < -0.39 is 63.3 Å². The Morgan fingerprint density at radius 2 is 0.942 bits per heavy atom. The number of anilines is 2. The smallest absolute Gasteiger partial charge is 0.363 e. The van der Waals surface area contributed by atoms with Gasteiger partial charge in [0.15, 0.2) is 0 Å². The average Bonchev–Trinajstić information content (AvgIpc) is 3.06. The first-order chi connectivity index (χ1) is 24.4. The fourth-order valence-electron chi connectivity index (χ4n) is 6.03. The molecule has 0 amide bonds. The molecular formula is C33H48F6N8O5. The van der Waals surface area contributed by atoms with E-state index in [1.54, 1.807) is 0 Å². The molecule has 2 aromatic rings. The summed E-state index contributed by atoms with van der Waals surface area (Å²) >= 11 is 0. The second-order valence-electron chi connectivity index (χ2n) is 12.0. The summed E-state index contributed by atoms with van der Waals surface area (Å²) in [6.07, 6.45) is -11.8. The maximum absolute atomic E-state index is 14.1. The number of rotatable bonds is 22. The average molecular weight is 751 g/mol. The van der Waals surface area contributed by atoms with Crippen molar-refractivity contribution in [3.8, 4) is 0 Å². The van der Waals surface area contributed by atoms with E-state index in [0.29, 0.717) is 63.5 Å². The van der Waals surface area contributed by atoms with Crippen molar-refractivity contribution in [1.29, 1.82) is 0 Å². The van der Waals surface area contributed by atoms with Gasteiger partial charge in [-0.25, -0.2) is 0 Å². The van der Waals surface area contributed by atoms with Gasteiger partial charge in [-0.2, -0.15) is 26.3 Å². The third kappa shape index (κ3) is 12.0. The van der Waals surface area contributed by atoms with E-state index in [4.69, 9.17) is 11.5 Å². The van der Waals surface area contributed by atoms with E-state index in [0.717, 1.165) is 0 Å². The summed E-state index contributed by atoms with van der Waals surface area (Å²) in [4.78, 5) is 43.2. The Hall–Kier alpha value is -4.07. The minimum atomic E-state index is -5.05. The molecule has 0 saturated carbocycles. The number of nitro groups is 2. The second kappa shape index (κ2) is 19.7. The summed E-state index contributed by atoms with van der Waals surface area (Å²) in [5, 5.41) is 24.5. The van der Waals surface area contributed by atoms with Gasteiger partial charge in [0.25, 0.3) is 11.4 Å². The van der Waals surface area contributed by atoms with Crippen LogP contribution in [0.25, 0.3) is 0 Å². The quantitative estimate of drug-likeness (QED) is 0.0933. The number of halogens is 6. The fourth-order valence-corrected chi connectivity index (χ4v) is 6.03. The van der Waals surface area contributed by atoms with Crippen molar-refractivity contribution >= 4 is 28.5 Å². The summed E-state index contributed by atoms with van der Waals surface area (Å²) in [5.41, 5.74) is 5.63. The van der Waals surface area contributed by atoms with Gasteiger partial charge in [-0.3, -0.25) is 25.0 Å². The molecular weight excluding hydrogens is 702 g/mol. The summed E-state index contributed by atoms with van der Waals surface area (Å²) in [5.74, 6) is -0.933. The number of carbonyl (C=O) groups is 1. The second-order valence-corrected chi connectivity index (χ2v) is 12.0. The zero-order chi connectivity index (χ0) is 39.4. The van der Waals surface area contributed by atoms with Crippen molar-refractivity contribution in [2.75, 3.05) is 88.3 Å². The molecule has 0 bridgehead atoms. The van der Waals surface area contributed by atoms with Crippen LogP contribution in [0, 0.1) is 20.2 Å². The van der Waals surface area contributed by atoms with E-state index in [9.17, 15) is 51.4 Å². The van der Waals surface area contributed by atoms with Gasteiger partial charge < -0.3 is 31.1 Å². The number of Topliss-reactive ketones (excluding diaryl/α,β-unsaturated/α-hetero) is 1. The number of nitro benzene ring substituents is 2. The number of alkyl halides is 6. The predicted molar refractivity (Wildman–Crippen MR) is 187 cm³/mol. The largest absolute Gasteiger partial charge is 0.416 e. The normalized spacial score (nSPS) is 12.1. The van der Waals surface area contributed by atoms with Gasteiger partial charge >= 0.3 is 12.4 Å². The van der Waals surface area contributed by atoms with Crippen LogP contribution in [0.4, 0.5) is 49.1 Å². The number of likely N-dealkylation sites (N-methyl/N-ethyl adjacent to an activating group) is 2. The van der Waals surface area contributed by atoms with Gasteiger partial charge in [-0.15, -0.1) is 0 Å². The number of nitrogens with two attached hydrogens (primary N) is 2. The molecule has 0 radical (unpaired) electrons. The molecule has 0 unspecified atom stereocenters. The standard InChI is InChI=1S/C33H48F6N8O5/c1-5-42(6-2)13-15-44(11-9-40)30-23(17-25(32(34,35)36)21-28(30)46(49)50)19-27(48)20-24-18-26(33(37,38)39)22-29(47(51)52)31(24)45(12-10-41)16-14-43(7-3)8-4/h17-18,21-22H,5-16,19-20,40-41H2,1-4H3. The minimum Gasteiger partial charge on any atom is -0.363 e. The first-order valence-electron chi connectivity index (χ1n) is 17.0. The highest BCUT2D eigenvalue weighted by atomic mass is 19.4. The summed E-state index contributed by atoms with van der Waals surface area (Å²) in [7, 11) is 0. The molecule has 19 heteroatoms. The molecule has 13 nitrogen and oxygen atoms in total. The molecule has 2 rings (SSSR count). The Balaban J connectivity index is 2.83. The molecule has 4 N–H and O–H groups in total. The van der Waals surface area contributed by atoms with E-state index in [-0.39, 0.29) is 61.8 Å². The Morgan fingerprint density at radius 1 is 0.615 bits per heavy atom. The van der Waals surface area contributed by atoms with Gasteiger partial charge in [-0.05, 0) is 49.4 Å². The molecule has 52 heavy (non-hydrogen) atoms. The van der Waals surface area contributed by atoms with Crippen LogP contribution >= 0.6 is 0 Å². The zero-order valence-electron chi connectivity index (χ0n) is 29.9. The number of ketones is 1. The number of nitrogens with zero attached hydrogens (tertiary/aromatic N) is 6. The maximum atomic E-state index is 14.1. The lowest BCUT2D eigenvalue weighted by Gasteiger charge is -2.30. The van der Waals surface area contributed by atoms with Crippen molar-refractivity contribution < 1.29 is 41.0 Å². The summed E-state index contributed by atoms with van der Waals surface area (Å²) < 4.78 is 84.3. The van der Waals surface area contributed by atoms with E-state index in [1.165, 1.54) is 9.80 Å². The van der Waals surface area contributed by atoms with Crippen molar-refractivity contribution in [2.45, 2.75) is 52.9 Å². The van der Waals surface area contributed by atoms with Crippen LogP contribution in [0.5, 0.6) is 0 Å². The molecule has 0 fully saturated rings. The molecule has 0 aliphatic heterocycles. The molecule has 0 spiro atoms. The molecule has 0 aromatic heterocycles. The Bertz CT molecular complexity index is 1410. The van der Waals surface area contributed by atoms with Gasteiger partial charge in [0.2, 0.25) is 0 Å². The van der Waals surface area contributed by atoms with Crippen molar-refractivity contribution in [1.82, 2.24) is 9.80 Å². The predicted octanol–water partition coefficient (Wildman–Crippen LogP) is 5.11. The lowest BCUT2D eigenvalue weighted by Crippen LogP contribution is -2.39. The van der Waals surface area contributed by atoms with Crippen molar-refractivity contribution in [2.24, 2.45) is 11.5 Å². The third-order valence-electron chi connectivity index (χ3n) is 8.75. The molecule has 0 saturated heterocycles. The van der Waals surface area contributed by atoms with Gasteiger partial charge in [0.05, 0.1) is 21.0 Å². The number of carbonyl (C=O) groups excluding carboxylic acids is 1. The molecule has 0 atom stereocenters. The SMILES string of the molecule is CCN(CC)CCN(CCN)c1c(CC(=O)Cc2cc(C(F)(F)F)cc([N+](=O)[O-])c2N(CCN)CCN(CC)CC)cc(C(F)(F)F)cc1[N+](=O)[O-]. The third-order valence-corrected chi connectivity index (χ3v) is 8.75. The Morgan fingerprint density at radius 3 is 1.19 bits per heavy atom. The van der Waals surface area contributed by atoms with Gasteiger partial charge in [-0.1, -0.05) is 27.7 Å². The first-order valence-corrected chi connectivity index (χ1v) is 17.0. The molecule has 2 aromatic carbocycles. The van der Waals surface area contributed by atoms with Crippen LogP contribution in [0.3, 0.4) is 0 Å². The maximum Gasteiger partial charge on any atom is 0.416 e. The number of hydrogen-bond acceptors (Lipinski definition) is 11. The Labute approximate surface area is 298 Å². The lowest BCUT2D eigenvalue weighted by atomic mass is 9.95. The topological polar surface area (TPSA) is 168 Å². The monoisotopic (exact) mass is 750 g/mol. The first kappa shape index (κ1) is 44.1. The zero-order valence-corrected chi connectivity index (χ0v) is 29.9. The number of benzene rings is 2. The number of hydrogen-bond donors (Lipinski definition) is 2. The van der Waals surface area contributed by atoms with Crippen LogP contribution in [0.2, 0.25) is 0 Å². The van der Waals surface area contributed by atoms with E-state index in [1.807, 2.05) is 37.5 Å². The van der Waals surface area contributed by atoms with E-state index >= 15 is 0 Å². The fraction of sp³-hybridized carbons (Fsp3) is 0.606. The van der Waals surface area contributed by atoms with Crippen LogP contribution in [0.1, 0.15) is 49.9 Å². The van der Waals surface area contributed by atoms with Crippen molar-refractivity contribution in [3.63, 3.8) is 0 Å². The van der Waals surface area contributed by atoms with E-state index in [2.05, 4.69) is 0 Å². The highest BCUT2D eigenvalue weighted by Crippen LogP contribution is 2.42. The summed E-state index contributed by atoms with van der Waals surface area (Å²) in [6, 6.07) is 1.97. The summed E-state index contributed by atoms with van der Waals surface area (Å²) in [6.45, 7) is 10.7. The lowest BCUT2D eigenvalue weighted by molar-refractivity contribution is -0.384. The van der Waals surface area contributed by atoms with Gasteiger partial charge in [0.1, 0.15) is 17.2 Å². The van der Waals surface area contributed by atoms with Crippen LogP contribution in [0.15, 0.2) is 24.3 Å². The highest BCUT2D eigenvalue weighted by molar-refractivity contribution is 5.88. The van der Waals surface area contributed by atoms with Crippen molar-refractivity contribution in [3.05, 3.63) is 66.7 Å². The van der Waals surface area contributed by atoms with Crippen LogP contribution in [-0.2, 0) is 30.0 Å².